The Bertz CT molecular complexity index is 2980. The van der Waals surface area contributed by atoms with Gasteiger partial charge in [0.05, 0.1) is 36.3 Å². The zero-order valence-electron chi connectivity index (χ0n) is 28.6. The number of benzene rings is 7. The minimum atomic E-state index is -0.0801. The van der Waals surface area contributed by atoms with Crippen LogP contribution in [0.25, 0.3) is 37.2 Å². The largest absolute Gasteiger partial charge is 0.329 e. The number of fused-ring (bicyclic) bond motifs is 7. The van der Waals surface area contributed by atoms with Gasteiger partial charge >= 0.3 is 0 Å². The van der Waals surface area contributed by atoms with E-state index < -0.39 is 0 Å². The molecule has 0 saturated carbocycles. The van der Waals surface area contributed by atoms with Crippen LogP contribution >= 0.6 is 0 Å². The lowest BCUT2D eigenvalue weighted by Crippen LogP contribution is -2.61. The Balaban J connectivity index is 1.31. The van der Waals surface area contributed by atoms with Crippen molar-refractivity contribution in [3.05, 3.63) is 180 Å². The summed E-state index contributed by atoms with van der Waals surface area (Å²) < 4.78 is 1.97. The number of para-hydroxylation sites is 3. The van der Waals surface area contributed by atoms with Crippen LogP contribution in [-0.2, 0) is 0 Å². The van der Waals surface area contributed by atoms with Crippen molar-refractivity contribution in [3.63, 3.8) is 0 Å². The van der Waals surface area contributed by atoms with Gasteiger partial charge in [-0.25, -0.2) is 9.69 Å². The molecule has 0 saturated heterocycles. The maximum absolute atomic E-state index is 9.92. The highest BCUT2D eigenvalue weighted by Crippen LogP contribution is 2.46. The van der Waals surface area contributed by atoms with Crippen molar-refractivity contribution in [2.24, 2.45) is 0 Å². The van der Waals surface area contributed by atoms with Crippen molar-refractivity contribution in [2.75, 3.05) is 9.80 Å². The highest BCUT2D eigenvalue weighted by atomic mass is 15.2. The molecule has 3 heterocycles. The van der Waals surface area contributed by atoms with Crippen LogP contribution in [0.2, 0.25) is 0 Å². The van der Waals surface area contributed by atoms with E-state index in [9.17, 15) is 10.5 Å². The zero-order chi connectivity index (χ0) is 36.5. The van der Waals surface area contributed by atoms with Gasteiger partial charge in [-0.2, -0.15) is 10.5 Å². The molecule has 1 aromatic heterocycles. The second-order valence-electron chi connectivity index (χ2n) is 13.4. The van der Waals surface area contributed by atoms with Crippen molar-refractivity contribution in [3.8, 4) is 17.8 Å². The van der Waals surface area contributed by atoms with E-state index in [1.807, 2.05) is 28.8 Å². The van der Waals surface area contributed by atoms with Crippen LogP contribution in [0.1, 0.15) is 11.1 Å². The van der Waals surface area contributed by atoms with Gasteiger partial charge in [0.15, 0.2) is 0 Å². The standard InChI is InChI=1S/C46H24BN7/c1-50-38-24-29(27-48)22-34-35-23-30(28-49)25-39(51-2)46(35)54(45(34)38)33-20-21-37-43(26-33)53(32-14-7-4-8-15-32)42-19-11-18-41-44(42)47(37)36-16-9-10-17-40(36)52(41)31-12-5-3-6-13-31/h3-26H. The lowest BCUT2D eigenvalue weighted by atomic mass is 9.33. The fourth-order valence-corrected chi connectivity index (χ4v) is 8.51. The van der Waals surface area contributed by atoms with Crippen molar-refractivity contribution in [1.82, 2.24) is 4.57 Å². The van der Waals surface area contributed by atoms with E-state index in [1.165, 1.54) is 10.9 Å². The van der Waals surface area contributed by atoms with Gasteiger partial charge in [0.1, 0.15) is 0 Å². The lowest BCUT2D eigenvalue weighted by molar-refractivity contribution is 1.17. The summed E-state index contributed by atoms with van der Waals surface area (Å²) in [4.78, 5) is 12.4. The SMILES string of the molecule is [C-]#[N+]c1cc(C#N)cc2c3cc(C#N)cc([N+]#[C-])c3n(-c3ccc4c(c3)N(c3ccccc3)c3cccc5c3B4c3ccccc3N5c3ccccc3)c12. The first kappa shape index (κ1) is 30.8. The van der Waals surface area contributed by atoms with Crippen LogP contribution in [0.3, 0.4) is 0 Å². The second kappa shape index (κ2) is 11.8. The van der Waals surface area contributed by atoms with Gasteiger partial charge in [0.25, 0.3) is 6.71 Å². The molecule has 0 N–H and O–H groups in total. The molecule has 0 fully saturated rings. The Morgan fingerprint density at radius 3 is 1.54 bits per heavy atom. The average molecular weight is 686 g/mol. The number of rotatable bonds is 3. The van der Waals surface area contributed by atoms with E-state index in [2.05, 4.69) is 129 Å². The first-order valence-corrected chi connectivity index (χ1v) is 17.4. The molecule has 7 nitrogen and oxygen atoms in total. The average Bonchev–Trinajstić information content (AvgIpc) is 3.57. The summed E-state index contributed by atoms with van der Waals surface area (Å²) in [7, 11) is 0. The van der Waals surface area contributed by atoms with E-state index in [0.29, 0.717) is 44.3 Å². The van der Waals surface area contributed by atoms with Gasteiger partial charge in [-0.3, -0.25) is 0 Å². The van der Waals surface area contributed by atoms with Crippen LogP contribution in [0.5, 0.6) is 0 Å². The van der Waals surface area contributed by atoms with Crippen LogP contribution in [0.15, 0.2) is 146 Å². The number of hydrogen-bond donors (Lipinski definition) is 0. The zero-order valence-corrected chi connectivity index (χ0v) is 28.6. The Labute approximate surface area is 311 Å². The maximum Gasteiger partial charge on any atom is 0.252 e. The summed E-state index contributed by atoms with van der Waals surface area (Å²) in [6.45, 7) is 16.3. The normalized spacial score (nSPS) is 12.3. The molecule has 2 aliphatic heterocycles. The molecule has 54 heavy (non-hydrogen) atoms. The third-order valence-electron chi connectivity index (χ3n) is 10.6. The monoisotopic (exact) mass is 685 g/mol. The Morgan fingerprint density at radius 1 is 0.481 bits per heavy atom. The smallest absolute Gasteiger partial charge is 0.252 e. The molecular weight excluding hydrogens is 661 g/mol. The van der Waals surface area contributed by atoms with Crippen LogP contribution in [0, 0.1) is 35.8 Å². The van der Waals surface area contributed by atoms with Crippen molar-refractivity contribution < 1.29 is 0 Å². The minimum Gasteiger partial charge on any atom is -0.329 e. The number of anilines is 6. The molecule has 0 amide bonds. The van der Waals surface area contributed by atoms with E-state index in [1.54, 1.807) is 24.3 Å². The van der Waals surface area contributed by atoms with E-state index >= 15 is 0 Å². The summed E-state index contributed by atoms with van der Waals surface area (Å²) in [5.41, 5.74) is 13.1. The Hall–Kier alpha value is -8.04. The fourth-order valence-electron chi connectivity index (χ4n) is 8.51. The van der Waals surface area contributed by atoms with Gasteiger partial charge in [-0.05, 0) is 106 Å². The number of aromatic nitrogens is 1. The molecule has 8 aromatic rings. The van der Waals surface area contributed by atoms with Crippen molar-refractivity contribution in [2.45, 2.75) is 0 Å². The topological polar surface area (TPSA) is 67.7 Å². The Morgan fingerprint density at radius 2 is 0.981 bits per heavy atom. The Kier molecular flexibility index (Phi) is 6.70. The number of nitrogens with zero attached hydrogens (tertiary/aromatic N) is 7. The molecule has 0 aliphatic carbocycles. The lowest BCUT2D eigenvalue weighted by Gasteiger charge is -2.44. The second-order valence-corrected chi connectivity index (χ2v) is 13.4. The summed E-state index contributed by atoms with van der Waals surface area (Å²) in [5.74, 6) is 0. The number of nitriles is 2. The highest BCUT2D eigenvalue weighted by molar-refractivity contribution is 7.00. The molecule has 0 spiro atoms. The molecule has 7 aromatic carbocycles. The predicted molar refractivity (Wildman–Crippen MR) is 217 cm³/mol. The molecule has 0 unspecified atom stereocenters. The highest BCUT2D eigenvalue weighted by Gasteiger charge is 2.43. The van der Waals surface area contributed by atoms with Gasteiger partial charge in [0, 0.05) is 50.9 Å². The third-order valence-corrected chi connectivity index (χ3v) is 10.6. The first-order chi connectivity index (χ1) is 26.6. The molecule has 2 aliphatic rings. The molecule has 0 radical (unpaired) electrons. The molecule has 0 atom stereocenters. The first-order valence-electron chi connectivity index (χ1n) is 17.4. The summed E-state index contributed by atoms with van der Waals surface area (Å²) in [6.07, 6.45) is 0. The maximum atomic E-state index is 9.92. The van der Waals surface area contributed by atoms with Crippen molar-refractivity contribution in [1.29, 1.82) is 10.5 Å². The molecular formula is C46H24BN7. The molecule has 246 valence electrons. The summed E-state index contributed by atoms with van der Waals surface area (Å²) in [5, 5.41) is 21.1. The summed E-state index contributed by atoms with van der Waals surface area (Å²) >= 11 is 0. The minimum absolute atomic E-state index is 0.0801. The van der Waals surface area contributed by atoms with E-state index in [-0.39, 0.29) is 6.71 Å². The van der Waals surface area contributed by atoms with Crippen LogP contribution in [0.4, 0.5) is 45.5 Å². The van der Waals surface area contributed by atoms with Gasteiger partial charge in [-0.1, -0.05) is 66.7 Å². The fraction of sp³-hybridized carbons (Fsp3) is 0. The van der Waals surface area contributed by atoms with E-state index in [0.717, 1.165) is 45.3 Å². The quantitative estimate of drug-likeness (QED) is 0.137. The van der Waals surface area contributed by atoms with Crippen molar-refractivity contribution >= 4 is 90.4 Å². The number of hydrogen-bond acceptors (Lipinski definition) is 4. The molecule has 8 heteroatoms. The van der Waals surface area contributed by atoms with Crippen LogP contribution < -0.4 is 26.2 Å². The predicted octanol–water partition coefficient (Wildman–Crippen LogP) is 9.71. The van der Waals surface area contributed by atoms with Gasteiger partial charge < -0.3 is 14.4 Å². The van der Waals surface area contributed by atoms with E-state index in [4.69, 9.17) is 13.1 Å². The van der Waals surface area contributed by atoms with Gasteiger partial charge in [-0.15, -0.1) is 0 Å². The molecule has 0 bridgehead atoms. The summed E-state index contributed by atoms with van der Waals surface area (Å²) in [6, 6.07) is 53.4. The molecule has 10 rings (SSSR count). The third kappa shape index (κ3) is 4.26. The van der Waals surface area contributed by atoms with Gasteiger partial charge in [0.2, 0.25) is 11.4 Å². The van der Waals surface area contributed by atoms with Crippen LogP contribution in [-0.4, -0.2) is 11.3 Å².